The normalized spacial score (nSPS) is 10.4. The zero-order valence-electron chi connectivity index (χ0n) is 11.1. The smallest absolute Gasteiger partial charge is 0.254 e. The molecular weight excluding hydrogens is 242 g/mol. The summed E-state index contributed by atoms with van der Waals surface area (Å²) in [4.78, 5) is 12.0. The summed E-state index contributed by atoms with van der Waals surface area (Å²) in [6.07, 6.45) is 1.59. The van der Waals surface area contributed by atoms with Gasteiger partial charge in [-0.25, -0.2) is 4.68 Å². The Labute approximate surface area is 112 Å². The molecule has 0 saturated carbocycles. The van der Waals surface area contributed by atoms with E-state index in [1.807, 2.05) is 37.3 Å². The van der Waals surface area contributed by atoms with Crippen LogP contribution in [0.15, 0.2) is 36.5 Å². The number of nitrogens with one attached hydrogen (secondary N) is 1. The largest absolute Gasteiger partial charge is 0.383 e. The van der Waals surface area contributed by atoms with Crippen molar-refractivity contribution in [3.05, 3.63) is 47.8 Å². The molecule has 0 aliphatic rings. The molecule has 19 heavy (non-hydrogen) atoms. The van der Waals surface area contributed by atoms with E-state index in [9.17, 15) is 4.79 Å². The summed E-state index contributed by atoms with van der Waals surface area (Å²) >= 11 is 0. The first-order valence-electron chi connectivity index (χ1n) is 6.11. The quantitative estimate of drug-likeness (QED) is 0.829. The van der Waals surface area contributed by atoms with Gasteiger partial charge >= 0.3 is 0 Å². The number of nitrogens with zero attached hydrogens (tertiary/aromatic N) is 2. The minimum absolute atomic E-state index is 0.128. The highest BCUT2D eigenvalue weighted by Gasteiger charge is 2.14. The number of ether oxygens (including phenoxy) is 1. The Morgan fingerprint density at radius 3 is 2.79 bits per heavy atom. The van der Waals surface area contributed by atoms with E-state index in [1.165, 1.54) is 0 Å². The zero-order chi connectivity index (χ0) is 13.7. The van der Waals surface area contributed by atoms with Gasteiger partial charge in [-0.15, -0.1) is 0 Å². The molecule has 1 aromatic carbocycles. The Morgan fingerprint density at radius 2 is 2.11 bits per heavy atom. The maximum Gasteiger partial charge on any atom is 0.254 e. The Morgan fingerprint density at radius 1 is 1.37 bits per heavy atom. The number of carbonyl (C=O) groups is 1. The molecule has 2 aromatic rings. The number of hydrogen-bond acceptors (Lipinski definition) is 3. The summed E-state index contributed by atoms with van der Waals surface area (Å²) in [6.45, 7) is 2.87. The lowest BCUT2D eigenvalue weighted by Crippen LogP contribution is -2.27. The molecule has 5 heteroatoms. The molecule has 5 nitrogen and oxygen atoms in total. The SMILES string of the molecule is COCCNC(=O)c1cnn(-c2ccccc2)c1C. The van der Waals surface area contributed by atoms with Crippen molar-refractivity contribution in [2.24, 2.45) is 0 Å². The van der Waals surface area contributed by atoms with Crippen LogP contribution in [0, 0.1) is 6.92 Å². The first-order valence-corrected chi connectivity index (χ1v) is 6.11. The molecule has 0 aliphatic carbocycles. The fraction of sp³-hybridized carbons (Fsp3) is 0.286. The van der Waals surface area contributed by atoms with Crippen LogP contribution in [-0.2, 0) is 4.74 Å². The van der Waals surface area contributed by atoms with Crippen molar-refractivity contribution in [2.45, 2.75) is 6.92 Å². The third kappa shape index (κ3) is 3.00. The van der Waals surface area contributed by atoms with Gasteiger partial charge in [0.1, 0.15) is 0 Å². The van der Waals surface area contributed by atoms with Crippen molar-refractivity contribution in [1.29, 1.82) is 0 Å². The summed E-state index contributed by atoms with van der Waals surface area (Å²) in [5.41, 5.74) is 2.34. The first-order chi connectivity index (χ1) is 9.24. The average molecular weight is 259 g/mol. The van der Waals surface area contributed by atoms with Gasteiger partial charge in [-0.3, -0.25) is 4.79 Å². The van der Waals surface area contributed by atoms with Crippen LogP contribution >= 0.6 is 0 Å². The lowest BCUT2D eigenvalue weighted by Gasteiger charge is -2.06. The van der Waals surface area contributed by atoms with Gasteiger partial charge in [0.15, 0.2) is 0 Å². The summed E-state index contributed by atoms with van der Waals surface area (Å²) in [5, 5.41) is 7.05. The number of para-hydroxylation sites is 1. The van der Waals surface area contributed by atoms with E-state index < -0.39 is 0 Å². The van der Waals surface area contributed by atoms with Crippen LogP contribution in [0.3, 0.4) is 0 Å². The second-order valence-electron chi connectivity index (χ2n) is 4.14. The Kier molecular flexibility index (Phi) is 4.30. The van der Waals surface area contributed by atoms with Crippen LogP contribution in [0.5, 0.6) is 0 Å². The highest BCUT2D eigenvalue weighted by molar-refractivity contribution is 5.95. The van der Waals surface area contributed by atoms with E-state index in [0.717, 1.165) is 11.4 Å². The van der Waals surface area contributed by atoms with Gasteiger partial charge in [0, 0.05) is 13.7 Å². The zero-order valence-corrected chi connectivity index (χ0v) is 11.1. The van der Waals surface area contributed by atoms with Crippen molar-refractivity contribution < 1.29 is 9.53 Å². The minimum Gasteiger partial charge on any atom is -0.383 e. The van der Waals surface area contributed by atoms with Gasteiger partial charge in [-0.05, 0) is 19.1 Å². The van der Waals surface area contributed by atoms with Crippen LogP contribution < -0.4 is 5.32 Å². The van der Waals surface area contributed by atoms with Crippen LogP contribution in [0.1, 0.15) is 16.1 Å². The number of benzene rings is 1. The lowest BCUT2D eigenvalue weighted by atomic mass is 10.2. The van der Waals surface area contributed by atoms with Crippen molar-refractivity contribution in [3.63, 3.8) is 0 Å². The van der Waals surface area contributed by atoms with Crippen molar-refractivity contribution >= 4 is 5.91 Å². The van der Waals surface area contributed by atoms with E-state index in [1.54, 1.807) is 18.0 Å². The molecule has 0 unspecified atom stereocenters. The lowest BCUT2D eigenvalue weighted by molar-refractivity contribution is 0.0936. The Balaban J connectivity index is 2.17. The summed E-state index contributed by atoms with van der Waals surface area (Å²) in [5.74, 6) is -0.128. The Bertz CT molecular complexity index is 549. The van der Waals surface area contributed by atoms with Gasteiger partial charge < -0.3 is 10.1 Å². The van der Waals surface area contributed by atoms with Gasteiger partial charge in [-0.2, -0.15) is 5.10 Å². The van der Waals surface area contributed by atoms with E-state index in [4.69, 9.17) is 4.74 Å². The fourth-order valence-corrected chi connectivity index (χ4v) is 1.82. The highest BCUT2D eigenvalue weighted by atomic mass is 16.5. The molecule has 0 aliphatic heterocycles. The molecule has 0 saturated heterocycles. The number of hydrogen-bond donors (Lipinski definition) is 1. The number of methoxy groups -OCH3 is 1. The van der Waals surface area contributed by atoms with Crippen LogP contribution in [0.4, 0.5) is 0 Å². The first kappa shape index (κ1) is 13.3. The number of rotatable bonds is 5. The fourth-order valence-electron chi connectivity index (χ4n) is 1.82. The molecule has 0 atom stereocenters. The van der Waals surface area contributed by atoms with Gasteiger partial charge in [-0.1, -0.05) is 18.2 Å². The van der Waals surface area contributed by atoms with Gasteiger partial charge in [0.05, 0.1) is 29.7 Å². The predicted molar refractivity (Wildman–Crippen MR) is 72.5 cm³/mol. The number of aromatic nitrogens is 2. The van der Waals surface area contributed by atoms with Gasteiger partial charge in [0.2, 0.25) is 0 Å². The maximum absolute atomic E-state index is 12.0. The monoisotopic (exact) mass is 259 g/mol. The summed E-state index contributed by atoms with van der Waals surface area (Å²) in [7, 11) is 1.60. The molecule has 2 rings (SSSR count). The second-order valence-corrected chi connectivity index (χ2v) is 4.14. The van der Waals surface area contributed by atoms with E-state index >= 15 is 0 Å². The minimum atomic E-state index is -0.128. The average Bonchev–Trinajstić information content (AvgIpc) is 2.82. The molecule has 1 heterocycles. The van der Waals surface area contributed by atoms with Crippen LogP contribution in [0.2, 0.25) is 0 Å². The second kappa shape index (κ2) is 6.15. The molecule has 100 valence electrons. The predicted octanol–water partition coefficient (Wildman–Crippen LogP) is 1.56. The Hall–Kier alpha value is -2.14. The standard InChI is InChI=1S/C14H17N3O2/c1-11-13(14(18)15-8-9-19-2)10-16-17(11)12-6-4-3-5-7-12/h3-7,10H,8-9H2,1-2H3,(H,15,18). The third-order valence-electron chi connectivity index (χ3n) is 2.85. The van der Waals surface area contributed by atoms with E-state index in [0.29, 0.717) is 18.7 Å². The van der Waals surface area contributed by atoms with Crippen molar-refractivity contribution in [3.8, 4) is 5.69 Å². The van der Waals surface area contributed by atoms with Crippen molar-refractivity contribution in [1.82, 2.24) is 15.1 Å². The van der Waals surface area contributed by atoms with Gasteiger partial charge in [0.25, 0.3) is 5.91 Å². The summed E-state index contributed by atoms with van der Waals surface area (Å²) in [6, 6.07) is 9.73. The van der Waals surface area contributed by atoms with E-state index in [-0.39, 0.29) is 5.91 Å². The van der Waals surface area contributed by atoms with Crippen LogP contribution in [0.25, 0.3) is 5.69 Å². The number of amides is 1. The van der Waals surface area contributed by atoms with Crippen LogP contribution in [-0.4, -0.2) is 35.9 Å². The molecular formula is C14H17N3O2. The third-order valence-corrected chi connectivity index (χ3v) is 2.85. The number of carbonyl (C=O) groups excluding carboxylic acids is 1. The summed E-state index contributed by atoms with van der Waals surface area (Å²) < 4.78 is 6.65. The molecule has 0 bridgehead atoms. The molecule has 0 spiro atoms. The topological polar surface area (TPSA) is 56.1 Å². The van der Waals surface area contributed by atoms with Crippen molar-refractivity contribution in [2.75, 3.05) is 20.3 Å². The maximum atomic E-state index is 12.0. The molecule has 1 amide bonds. The molecule has 1 aromatic heterocycles. The molecule has 0 fully saturated rings. The molecule has 0 radical (unpaired) electrons. The highest BCUT2D eigenvalue weighted by Crippen LogP contribution is 2.13. The van der Waals surface area contributed by atoms with E-state index in [2.05, 4.69) is 10.4 Å². The molecule has 1 N–H and O–H groups in total.